The molecule has 0 saturated heterocycles. The number of aromatic nitrogens is 2. The van der Waals surface area contributed by atoms with Crippen LogP contribution in [0.3, 0.4) is 0 Å². The molecule has 18 heavy (non-hydrogen) atoms. The first-order chi connectivity index (χ1) is 8.59. The lowest BCUT2D eigenvalue weighted by Crippen LogP contribution is -2.17. The Balaban J connectivity index is 2.28. The van der Waals surface area contributed by atoms with Crippen LogP contribution in [0, 0.1) is 6.92 Å². The molecule has 0 aliphatic rings. The van der Waals surface area contributed by atoms with Gasteiger partial charge in [0.15, 0.2) is 0 Å². The second-order valence-corrected chi connectivity index (χ2v) is 4.21. The van der Waals surface area contributed by atoms with E-state index in [9.17, 15) is 4.79 Å². The van der Waals surface area contributed by atoms with E-state index in [2.05, 4.69) is 15.5 Å². The summed E-state index contributed by atoms with van der Waals surface area (Å²) in [5, 5.41) is 9.29. The molecule has 1 amide bonds. The van der Waals surface area contributed by atoms with Crippen LogP contribution < -0.4 is 11.1 Å². The molecule has 0 aliphatic heterocycles. The van der Waals surface area contributed by atoms with Gasteiger partial charge >= 0.3 is 0 Å². The number of para-hydroxylation sites is 1. The summed E-state index contributed by atoms with van der Waals surface area (Å²) in [6.07, 6.45) is 1.48. The van der Waals surface area contributed by atoms with Crippen molar-refractivity contribution in [2.75, 3.05) is 5.32 Å². The van der Waals surface area contributed by atoms with Crippen LogP contribution in [-0.4, -0.2) is 21.1 Å². The van der Waals surface area contributed by atoms with Gasteiger partial charge in [0, 0.05) is 11.3 Å². The Morgan fingerprint density at radius 1 is 1.39 bits per heavy atom. The number of nitrogens with two attached hydrogens (primary N) is 1. The molecule has 6 heteroatoms. The Kier molecular flexibility index (Phi) is 3.38. The summed E-state index contributed by atoms with van der Waals surface area (Å²) in [4.78, 5) is 12.3. The first kappa shape index (κ1) is 12.3. The SMILES string of the molecule is Cc1[nH]ncc1C(=O)Nc1ccccc1C(N)=S. The number of thiocarbonyl (C=S) groups is 1. The number of carbonyl (C=O) groups is 1. The van der Waals surface area contributed by atoms with Crippen LogP contribution in [0.15, 0.2) is 30.5 Å². The van der Waals surface area contributed by atoms with Crippen LogP contribution in [0.5, 0.6) is 0 Å². The fourth-order valence-electron chi connectivity index (χ4n) is 1.58. The second-order valence-electron chi connectivity index (χ2n) is 3.77. The molecule has 0 saturated carbocycles. The number of hydrogen-bond donors (Lipinski definition) is 3. The summed E-state index contributed by atoms with van der Waals surface area (Å²) >= 11 is 4.94. The molecule has 0 atom stereocenters. The predicted molar refractivity (Wildman–Crippen MR) is 73.6 cm³/mol. The standard InChI is InChI=1S/C12H12N4OS/c1-7-9(6-14-16-7)12(17)15-10-5-3-2-4-8(10)11(13)18/h2-6H,1H3,(H2,13,18)(H,14,16)(H,15,17). The maximum absolute atomic E-state index is 12.0. The van der Waals surface area contributed by atoms with Crippen LogP contribution in [0.1, 0.15) is 21.6 Å². The second kappa shape index (κ2) is 4.97. The van der Waals surface area contributed by atoms with Gasteiger partial charge in [-0.15, -0.1) is 0 Å². The highest BCUT2D eigenvalue weighted by Crippen LogP contribution is 2.16. The third kappa shape index (κ3) is 2.38. The number of nitrogens with zero attached hydrogens (tertiary/aromatic N) is 1. The molecule has 0 bridgehead atoms. The number of aromatic amines is 1. The quantitative estimate of drug-likeness (QED) is 0.732. The molecular formula is C12H12N4OS. The minimum atomic E-state index is -0.245. The van der Waals surface area contributed by atoms with Crippen molar-refractivity contribution < 1.29 is 4.79 Å². The van der Waals surface area contributed by atoms with Crippen molar-refractivity contribution in [1.29, 1.82) is 0 Å². The van der Waals surface area contributed by atoms with E-state index in [4.69, 9.17) is 18.0 Å². The van der Waals surface area contributed by atoms with Gasteiger partial charge in [0.25, 0.3) is 5.91 Å². The number of anilines is 1. The van der Waals surface area contributed by atoms with Crippen LogP contribution in [0.25, 0.3) is 0 Å². The summed E-state index contributed by atoms with van der Waals surface area (Å²) in [7, 11) is 0. The molecule has 92 valence electrons. The Morgan fingerprint density at radius 2 is 2.11 bits per heavy atom. The molecule has 1 aromatic heterocycles. The Labute approximate surface area is 109 Å². The lowest BCUT2D eigenvalue weighted by atomic mass is 10.1. The van der Waals surface area contributed by atoms with E-state index in [1.807, 2.05) is 6.07 Å². The number of aryl methyl sites for hydroxylation is 1. The molecule has 1 aromatic carbocycles. The van der Waals surface area contributed by atoms with Crippen molar-refractivity contribution in [3.63, 3.8) is 0 Å². The maximum atomic E-state index is 12.0. The summed E-state index contributed by atoms with van der Waals surface area (Å²) < 4.78 is 0. The Hall–Kier alpha value is -2.21. The maximum Gasteiger partial charge on any atom is 0.259 e. The average Bonchev–Trinajstić information content (AvgIpc) is 2.76. The summed E-state index contributed by atoms with van der Waals surface area (Å²) in [6.45, 7) is 1.78. The van der Waals surface area contributed by atoms with Gasteiger partial charge in [0.05, 0.1) is 17.4 Å². The zero-order chi connectivity index (χ0) is 13.1. The summed E-state index contributed by atoms with van der Waals surface area (Å²) in [5.74, 6) is -0.245. The summed E-state index contributed by atoms with van der Waals surface area (Å²) in [5.41, 5.74) is 8.04. The largest absolute Gasteiger partial charge is 0.389 e. The first-order valence-corrected chi connectivity index (χ1v) is 5.70. The van der Waals surface area contributed by atoms with Crippen LogP contribution in [0.4, 0.5) is 5.69 Å². The Morgan fingerprint density at radius 3 is 2.72 bits per heavy atom. The first-order valence-electron chi connectivity index (χ1n) is 5.29. The molecule has 5 nitrogen and oxygen atoms in total. The molecule has 0 spiro atoms. The van der Waals surface area contributed by atoms with Gasteiger partial charge in [0.1, 0.15) is 4.99 Å². The molecule has 4 N–H and O–H groups in total. The monoisotopic (exact) mass is 260 g/mol. The molecule has 2 aromatic rings. The highest BCUT2D eigenvalue weighted by Gasteiger charge is 2.13. The van der Waals surface area contributed by atoms with Crippen molar-refractivity contribution >= 4 is 28.8 Å². The number of carbonyl (C=O) groups excluding carboxylic acids is 1. The lowest BCUT2D eigenvalue weighted by Gasteiger charge is -2.09. The zero-order valence-corrected chi connectivity index (χ0v) is 10.5. The minimum absolute atomic E-state index is 0.245. The number of rotatable bonds is 3. The fraction of sp³-hybridized carbons (Fsp3) is 0.0833. The highest BCUT2D eigenvalue weighted by atomic mass is 32.1. The molecule has 0 radical (unpaired) electrons. The minimum Gasteiger partial charge on any atom is -0.389 e. The normalized spacial score (nSPS) is 10.1. The van der Waals surface area contributed by atoms with Crippen molar-refractivity contribution in [3.8, 4) is 0 Å². The van der Waals surface area contributed by atoms with E-state index >= 15 is 0 Å². The van der Waals surface area contributed by atoms with E-state index in [0.717, 1.165) is 0 Å². The van der Waals surface area contributed by atoms with Gasteiger partial charge in [-0.1, -0.05) is 24.4 Å². The zero-order valence-electron chi connectivity index (χ0n) is 9.73. The molecule has 1 heterocycles. The lowest BCUT2D eigenvalue weighted by molar-refractivity contribution is 0.102. The van der Waals surface area contributed by atoms with Gasteiger partial charge in [-0.05, 0) is 19.1 Å². The molecule has 2 rings (SSSR count). The van der Waals surface area contributed by atoms with Crippen molar-refractivity contribution in [2.45, 2.75) is 6.92 Å². The van der Waals surface area contributed by atoms with E-state index in [0.29, 0.717) is 22.5 Å². The van der Waals surface area contributed by atoms with E-state index in [1.165, 1.54) is 6.20 Å². The predicted octanol–water partition coefficient (Wildman–Crippen LogP) is 1.60. The highest BCUT2D eigenvalue weighted by molar-refractivity contribution is 7.80. The third-order valence-electron chi connectivity index (χ3n) is 2.52. The van der Waals surface area contributed by atoms with Crippen molar-refractivity contribution in [3.05, 3.63) is 47.3 Å². The van der Waals surface area contributed by atoms with Crippen molar-refractivity contribution in [2.24, 2.45) is 5.73 Å². The third-order valence-corrected chi connectivity index (χ3v) is 2.74. The van der Waals surface area contributed by atoms with Crippen LogP contribution in [-0.2, 0) is 0 Å². The number of hydrogen-bond acceptors (Lipinski definition) is 3. The average molecular weight is 260 g/mol. The number of nitrogens with one attached hydrogen (secondary N) is 2. The van der Waals surface area contributed by atoms with E-state index in [-0.39, 0.29) is 10.9 Å². The summed E-state index contributed by atoms with van der Waals surface area (Å²) in [6, 6.07) is 7.13. The smallest absolute Gasteiger partial charge is 0.259 e. The topological polar surface area (TPSA) is 83.8 Å². The van der Waals surface area contributed by atoms with Crippen molar-refractivity contribution in [1.82, 2.24) is 10.2 Å². The van der Waals surface area contributed by atoms with Gasteiger partial charge in [-0.25, -0.2) is 0 Å². The van der Waals surface area contributed by atoms with E-state index < -0.39 is 0 Å². The van der Waals surface area contributed by atoms with E-state index in [1.54, 1.807) is 25.1 Å². The van der Waals surface area contributed by atoms with Crippen LogP contribution in [0.2, 0.25) is 0 Å². The molecular weight excluding hydrogens is 248 g/mol. The van der Waals surface area contributed by atoms with Gasteiger partial charge in [0.2, 0.25) is 0 Å². The van der Waals surface area contributed by atoms with Gasteiger partial charge < -0.3 is 11.1 Å². The van der Waals surface area contributed by atoms with Gasteiger partial charge in [-0.3, -0.25) is 9.89 Å². The molecule has 0 fully saturated rings. The van der Waals surface area contributed by atoms with Gasteiger partial charge in [-0.2, -0.15) is 5.10 Å². The number of H-pyrrole nitrogens is 1. The Bertz CT molecular complexity index is 606. The number of amides is 1. The fourth-order valence-corrected chi connectivity index (χ4v) is 1.75. The molecule has 0 unspecified atom stereocenters. The molecule has 0 aliphatic carbocycles. The number of benzene rings is 1. The van der Waals surface area contributed by atoms with Crippen LogP contribution >= 0.6 is 12.2 Å².